The number of hydrogen-bond acceptors (Lipinski definition) is 4. The zero-order valence-corrected chi connectivity index (χ0v) is 15.3. The van der Waals surface area contributed by atoms with E-state index >= 15 is 0 Å². The van der Waals surface area contributed by atoms with E-state index in [4.69, 9.17) is 9.47 Å². The highest BCUT2D eigenvalue weighted by Crippen LogP contribution is 2.22. The molecule has 2 N–H and O–H groups in total. The van der Waals surface area contributed by atoms with Crippen LogP contribution < -0.4 is 15.4 Å². The fourth-order valence-electron chi connectivity index (χ4n) is 3.56. The molecule has 25 heavy (non-hydrogen) atoms. The van der Waals surface area contributed by atoms with Gasteiger partial charge in [0.05, 0.1) is 26.4 Å². The summed E-state index contributed by atoms with van der Waals surface area (Å²) in [7, 11) is 1.69. The van der Waals surface area contributed by atoms with Crippen molar-refractivity contribution in [1.29, 1.82) is 0 Å². The molecular weight excluding hydrogens is 316 g/mol. The number of nitrogens with zero attached hydrogens (tertiary/aromatic N) is 2. The molecule has 0 aliphatic carbocycles. The molecular formula is C19H30N4O2. The number of hydrogen-bond donors (Lipinski definition) is 2. The maximum atomic E-state index is 6.01. The molecule has 0 spiro atoms. The molecule has 6 nitrogen and oxygen atoms in total. The second-order valence-electron chi connectivity index (χ2n) is 6.63. The van der Waals surface area contributed by atoms with Gasteiger partial charge in [0.1, 0.15) is 5.75 Å². The summed E-state index contributed by atoms with van der Waals surface area (Å²) in [6.07, 6.45) is 2.81. The molecule has 0 saturated carbocycles. The number of benzene rings is 1. The molecule has 0 amide bonds. The van der Waals surface area contributed by atoms with E-state index in [0.29, 0.717) is 12.6 Å². The first-order valence-corrected chi connectivity index (χ1v) is 9.30. The summed E-state index contributed by atoms with van der Waals surface area (Å²) in [5, 5.41) is 6.73. The summed E-state index contributed by atoms with van der Waals surface area (Å²) >= 11 is 0. The first kappa shape index (κ1) is 18.0. The molecule has 1 aromatic carbocycles. The maximum absolute atomic E-state index is 6.01. The zero-order chi connectivity index (χ0) is 17.5. The van der Waals surface area contributed by atoms with Gasteiger partial charge in [-0.25, -0.2) is 4.99 Å². The molecule has 0 aromatic heterocycles. The van der Waals surface area contributed by atoms with Crippen molar-refractivity contribution in [3.8, 4) is 5.75 Å². The molecule has 0 bridgehead atoms. The Labute approximate surface area is 150 Å². The Morgan fingerprint density at radius 3 is 3.08 bits per heavy atom. The van der Waals surface area contributed by atoms with E-state index < -0.39 is 0 Å². The standard InChI is InChI=1S/C19H30N4O2/c1-3-20-19(21-11-15-7-4-5-9-18(15)24-2)22-12-17-13-23-10-6-8-16(23)14-25-17/h4-5,7,9,16-17H,3,6,8,10-14H2,1-2H3,(H2,20,21,22). The summed E-state index contributed by atoms with van der Waals surface area (Å²) < 4.78 is 11.4. The second-order valence-corrected chi connectivity index (χ2v) is 6.63. The number of methoxy groups -OCH3 is 1. The van der Waals surface area contributed by atoms with Crippen molar-refractivity contribution in [3.05, 3.63) is 29.8 Å². The van der Waals surface area contributed by atoms with Crippen LogP contribution in [-0.2, 0) is 11.3 Å². The Bertz CT molecular complexity index is 578. The number of aliphatic imine (C=N–C) groups is 1. The molecule has 2 saturated heterocycles. The van der Waals surface area contributed by atoms with E-state index in [1.54, 1.807) is 7.11 Å². The molecule has 0 radical (unpaired) electrons. The molecule has 2 unspecified atom stereocenters. The summed E-state index contributed by atoms with van der Waals surface area (Å²) in [6.45, 7) is 7.36. The topological polar surface area (TPSA) is 58.1 Å². The Kier molecular flexibility index (Phi) is 6.53. The average molecular weight is 346 g/mol. The number of para-hydroxylation sites is 1. The second kappa shape index (κ2) is 9.06. The number of fused-ring (bicyclic) bond motifs is 1. The fourth-order valence-corrected chi connectivity index (χ4v) is 3.56. The highest BCUT2D eigenvalue weighted by atomic mass is 16.5. The molecule has 6 heteroatoms. The lowest BCUT2D eigenvalue weighted by Gasteiger charge is -2.35. The van der Waals surface area contributed by atoms with Gasteiger partial charge in [-0.3, -0.25) is 4.90 Å². The lowest BCUT2D eigenvalue weighted by Crippen LogP contribution is -2.51. The van der Waals surface area contributed by atoms with E-state index in [2.05, 4.69) is 27.4 Å². The molecule has 2 aliphatic rings. The quantitative estimate of drug-likeness (QED) is 0.605. The van der Waals surface area contributed by atoms with Crippen LogP contribution in [0.3, 0.4) is 0 Å². The van der Waals surface area contributed by atoms with Crippen molar-refractivity contribution in [2.24, 2.45) is 4.99 Å². The Balaban J connectivity index is 1.53. The minimum absolute atomic E-state index is 0.226. The van der Waals surface area contributed by atoms with Crippen LogP contribution in [0.5, 0.6) is 5.75 Å². The minimum atomic E-state index is 0.226. The largest absolute Gasteiger partial charge is 0.496 e. The number of morpholine rings is 1. The highest BCUT2D eigenvalue weighted by Gasteiger charge is 2.32. The Hall–Kier alpha value is -1.79. The van der Waals surface area contributed by atoms with Gasteiger partial charge in [-0.15, -0.1) is 0 Å². The van der Waals surface area contributed by atoms with Gasteiger partial charge in [0.2, 0.25) is 0 Å². The Morgan fingerprint density at radius 1 is 1.36 bits per heavy atom. The predicted molar refractivity (Wildman–Crippen MR) is 100 cm³/mol. The van der Waals surface area contributed by atoms with Crippen LogP contribution in [0.25, 0.3) is 0 Å². The van der Waals surface area contributed by atoms with Crippen LogP contribution >= 0.6 is 0 Å². The molecule has 2 aliphatic heterocycles. The molecule has 2 fully saturated rings. The normalized spacial score (nSPS) is 24.0. The van der Waals surface area contributed by atoms with Gasteiger partial charge < -0.3 is 20.1 Å². The third kappa shape index (κ3) is 4.86. The van der Waals surface area contributed by atoms with Crippen molar-refractivity contribution in [2.45, 2.75) is 38.5 Å². The summed E-state index contributed by atoms with van der Waals surface area (Å²) in [5.41, 5.74) is 1.08. The van der Waals surface area contributed by atoms with Crippen LogP contribution in [0.1, 0.15) is 25.3 Å². The van der Waals surface area contributed by atoms with E-state index in [9.17, 15) is 0 Å². The van der Waals surface area contributed by atoms with Gasteiger partial charge in [-0.05, 0) is 32.4 Å². The highest BCUT2D eigenvalue weighted by molar-refractivity contribution is 5.79. The number of nitrogens with one attached hydrogen (secondary N) is 2. The summed E-state index contributed by atoms with van der Waals surface area (Å²) in [4.78, 5) is 7.25. The van der Waals surface area contributed by atoms with Crippen molar-refractivity contribution in [3.63, 3.8) is 0 Å². The van der Waals surface area contributed by atoms with Gasteiger partial charge in [0.25, 0.3) is 0 Å². The van der Waals surface area contributed by atoms with Gasteiger partial charge in [0, 0.05) is 31.2 Å². The summed E-state index contributed by atoms with van der Waals surface area (Å²) in [5.74, 6) is 1.69. The molecule has 3 rings (SSSR count). The van der Waals surface area contributed by atoms with Crippen LogP contribution in [-0.4, -0.2) is 62.9 Å². The lowest BCUT2D eigenvalue weighted by atomic mass is 10.2. The van der Waals surface area contributed by atoms with Gasteiger partial charge >= 0.3 is 0 Å². The Morgan fingerprint density at radius 2 is 2.24 bits per heavy atom. The first-order chi connectivity index (χ1) is 12.3. The van der Waals surface area contributed by atoms with Crippen molar-refractivity contribution >= 4 is 5.96 Å². The number of rotatable bonds is 6. The zero-order valence-electron chi connectivity index (χ0n) is 15.3. The van der Waals surface area contributed by atoms with Crippen molar-refractivity contribution in [1.82, 2.24) is 15.5 Å². The minimum Gasteiger partial charge on any atom is -0.496 e. The van der Waals surface area contributed by atoms with E-state index in [1.165, 1.54) is 19.4 Å². The van der Waals surface area contributed by atoms with Gasteiger partial charge in [0.15, 0.2) is 5.96 Å². The molecule has 2 atom stereocenters. The first-order valence-electron chi connectivity index (χ1n) is 9.30. The molecule has 138 valence electrons. The average Bonchev–Trinajstić information content (AvgIpc) is 3.12. The van der Waals surface area contributed by atoms with Crippen LogP contribution in [0.4, 0.5) is 0 Å². The van der Waals surface area contributed by atoms with E-state index in [-0.39, 0.29) is 6.10 Å². The van der Waals surface area contributed by atoms with Gasteiger partial charge in [-0.1, -0.05) is 18.2 Å². The van der Waals surface area contributed by atoms with Crippen LogP contribution in [0.2, 0.25) is 0 Å². The third-order valence-electron chi connectivity index (χ3n) is 4.90. The summed E-state index contributed by atoms with van der Waals surface area (Å²) in [6, 6.07) is 8.64. The van der Waals surface area contributed by atoms with Gasteiger partial charge in [-0.2, -0.15) is 0 Å². The van der Waals surface area contributed by atoms with Crippen molar-refractivity contribution < 1.29 is 9.47 Å². The molecule has 1 aromatic rings. The van der Waals surface area contributed by atoms with Crippen molar-refractivity contribution in [2.75, 3.05) is 39.9 Å². The fraction of sp³-hybridized carbons (Fsp3) is 0.632. The van der Waals surface area contributed by atoms with Crippen LogP contribution in [0, 0.1) is 0 Å². The number of guanidine groups is 1. The van der Waals surface area contributed by atoms with E-state index in [0.717, 1.165) is 43.5 Å². The third-order valence-corrected chi connectivity index (χ3v) is 4.90. The smallest absolute Gasteiger partial charge is 0.191 e. The SMILES string of the molecule is CCNC(=NCc1ccccc1OC)NCC1CN2CCCC2CO1. The number of ether oxygens (including phenoxy) is 2. The monoisotopic (exact) mass is 346 g/mol. The molecule has 2 heterocycles. The predicted octanol–water partition coefficient (Wildman–Crippen LogP) is 1.61. The van der Waals surface area contributed by atoms with Crippen LogP contribution in [0.15, 0.2) is 29.3 Å². The lowest BCUT2D eigenvalue weighted by molar-refractivity contribution is -0.0453. The maximum Gasteiger partial charge on any atom is 0.191 e. The van der Waals surface area contributed by atoms with E-state index in [1.807, 2.05) is 24.3 Å².